The van der Waals surface area contributed by atoms with Crippen molar-refractivity contribution in [1.82, 2.24) is 0 Å². The van der Waals surface area contributed by atoms with Crippen LogP contribution in [0.5, 0.6) is 5.75 Å². The van der Waals surface area contributed by atoms with E-state index in [9.17, 15) is 0 Å². The second kappa shape index (κ2) is 7.36. The molecule has 100 valence electrons. The van der Waals surface area contributed by atoms with Gasteiger partial charge in [0.05, 0.1) is 14.2 Å². The Labute approximate surface area is 122 Å². The van der Waals surface area contributed by atoms with Gasteiger partial charge in [0.25, 0.3) is 0 Å². The van der Waals surface area contributed by atoms with E-state index in [-0.39, 0.29) is 0 Å². The molecule has 0 radical (unpaired) electrons. The first-order valence-electron chi connectivity index (χ1n) is 5.92. The van der Waals surface area contributed by atoms with Crippen LogP contribution in [0.15, 0.2) is 64.1 Å². The van der Waals surface area contributed by atoms with Crippen molar-refractivity contribution in [1.29, 1.82) is 0 Å². The van der Waals surface area contributed by atoms with Crippen LogP contribution in [0.3, 0.4) is 0 Å². The van der Waals surface area contributed by atoms with Crippen molar-refractivity contribution in [3.05, 3.63) is 59.2 Å². The molecule has 0 amide bonds. The molecule has 1 aromatic carbocycles. The van der Waals surface area contributed by atoms with E-state index in [1.807, 2.05) is 18.2 Å². The molecule has 1 aliphatic carbocycles. The summed E-state index contributed by atoms with van der Waals surface area (Å²) in [6.45, 7) is 0. The van der Waals surface area contributed by atoms with Crippen LogP contribution in [0.1, 0.15) is 6.42 Å². The van der Waals surface area contributed by atoms with Crippen LogP contribution >= 0.6 is 21.6 Å². The molecular weight excluding hydrogens is 276 g/mol. The third-order valence-corrected chi connectivity index (χ3v) is 4.94. The zero-order chi connectivity index (χ0) is 13.5. The normalized spacial score (nSPS) is 14.4. The summed E-state index contributed by atoms with van der Waals surface area (Å²) in [6.07, 6.45) is 9.19. The fraction of sp³-hybridized carbons (Fsp3) is 0.200. The first-order chi connectivity index (χ1) is 9.31. The number of allylic oxidation sites excluding steroid dienone is 4. The monoisotopic (exact) mass is 292 g/mol. The SMILES string of the molecule is COC1=CC(SSc2cccc(OC)c2)=CC=CC1. The number of rotatable bonds is 5. The van der Waals surface area contributed by atoms with Gasteiger partial charge in [0, 0.05) is 16.2 Å². The minimum absolute atomic E-state index is 0.848. The van der Waals surface area contributed by atoms with Crippen molar-refractivity contribution in [3.8, 4) is 5.75 Å². The highest BCUT2D eigenvalue weighted by Gasteiger charge is 2.04. The minimum atomic E-state index is 0.848. The van der Waals surface area contributed by atoms with Gasteiger partial charge < -0.3 is 9.47 Å². The fourth-order valence-corrected chi connectivity index (χ4v) is 3.56. The van der Waals surface area contributed by atoms with E-state index < -0.39 is 0 Å². The molecular formula is C15H16O2S2. The van der Waals surface area contributed by atoms with Crippen molar-refractivity contribution in [2.24, 2.45) is 0 Å². The lowest BCUT2D eigenvalue weighted by Crippen LogP contribution is -1.83. The van der Waals surface area contributed by atoms with Gasteiger partial charge in [-0.15, -0.1) is 0 Å². The highest BCUT2D eigenvalue weighted by molar-refractivity contribution is 8.78. The summed E-state index contributed by atoms with van der Waals surface area (Å²) in [4.78, 5) is 2.35. The first kappa shape index (κ1) is 14.2. The van der Waals surface area contributed by atoms with E-state index in [4.69, 9.17) is 9.47 Å². The molecule has 0 N–H and O–H groups in total. The fourth-order valence-electron chi connectivity index (χ4n) is 1.56. The average Bonchev–Trinajstić information content (AvgIpc) is 2.70. The molecule has 0 spiro atoms. The van der Waals surface area contributed by atoms with Crippen LogP contribution in [0.4, 0.5) is 0 Å². The summed E-state index contributed by atoms with van der Waals surface area (Å²) in [6, 6.07) is 8.06. The second-order valence-electron chi connectivity index (χ2n) is 3.86. The number of hydrogen-bond acceptors (Lipinski definition) is 4. The Morgan fingerprint density at radius 3 is 2.79 bits per heavy atom. The average molecular weight is 292 g/mol. The predicted molar refractivity (Wildman–Crippen MR) is 83.4 cm³/mol. The molecule has 0 saturated heterocycles. The van der Waals surface area contributed by atoms with Crippen LogP contribution < -0.4 is 4.74 Å². The zero-order valence-electron chi connectivity index (χ0n) is 11.0. The Kier molecular flexibility index (Phi) is 5.48. The molecule has 2 rings (SSSR count). The molecule has 0 aromatic heterocycles. The molecule has 0 unspecified atom stereocenters. The van der Waals surface area contributed by atoms with E-state index in [1.54, 1.807) is 35.8 Å². The van der Waals surface area contributed by atoms with Gasteiger partial charge in [0.15, 0.2) is 0 Å². The van der Waals surface area contributed by atoms with Gasteiger partial charge in [-0.2, -0.15) is 0 Å². The van der Waals surface area contributed by atoms with E-state index in [2.05, 4.69) is 30.4 Å². The largest absolute Gasteiger partial charge is 0.501 e. The Hall–Kier alpha value is -1.26. The third kappa shape index (κ3) is 4.40. The lowest BCUT2D eigenvalue weighted by atomic mass is 10.3. The third-order valence-electron chi connectivity index (χ3n) is 2.56. The molecule has 0 heterocycles. The van der Waals surface area contributed by atoms with Crippen molar-refractivity contribution < 1.29 is 9.47 Å². The van der Waals surface area contributed by atoms with Crippen molar-refractivity contribution in [2.45, 2.75) is 11.3 Å². The Morgan fingerprint density at radius 1 is 1.11 bits per heavy atom. The van der Waals surface area contributed by atoms with Gasteiger partial charge in [-0.1, -0.05) is 39.8 Å². The van der Waals surface area contributed by atoms with Gasteiger partial charge >= 0.3 is 0 Å². The molecule has 1 aliphatic rings. The van der Waals surface area contributed by atoms with Crippen molar-refractivity contribution in [3.63, 3.8) is 0 Å². The molecule has 0 saturated carbocycles. The van der Waals surface area contributed by atoms with Gasteiger partial charge in [0.1, 0.15) is 11.5 Å². The lowest BCUT2D eigenvalue weighted by molar-refractivity contribution is 0.285. The highest BCUT2D eigenvalue weighted by atomic mass is 33.1. The quantitative estimate of drug-likeness (QED) is 0.725. The van der Waals surface area contributed by atoms with Gasteiger partial charge in [-0.3, -0.25) is 0 Å². The smallest absolute Gasteiger partial charge is 0.120 e. The van der Waals surface area contributed by atoms with Gasteiger partial charge in [-0.05, 0) is 30.4 Å². The predicted octanol–water partition coefficient (Wildman–Crippen LogP) is 4.81. The molecule has 0 atom stereocenters. The number of methoxy groups -OCH3 is 2. The van der Waals surface area contributed by atoms with E-state index in [1.165, 1.54) is 9.80 Å². The van der Waals surface area contributed by atoms with Crippen molar-refractivity contribution in [2.75, 3.05) is 14.2 Å². The number of ether oxygens (including phenoxy) is 2. The maximum Gasteiger partial charge on any atom is 0.120 e. The molecule has 0 bridgehead atoms. The topological polar surface area (TPSA) is 18.5 Å². The van der Waals surface area contributed by atoms with Gasteiger partial charge in [-0.25, -0.2) is 0 Å². The van der Waals surface area contributed by atoms with E-state index in [0.717, 1.165) is 17.9 Å². The van der Waals surface area contributed by atoms with E-state index in [0.29, 0.717) is 0 Å². The standard InChI is InChI=1S/C15H16O2S2/c1-16-12-6-3-4-8-14(10-12)18-19-15-9-5-7-13(11-15)17-2/h3-5,7-11H,6H2,1-2H3. The molecule has 2 nitrogen and oxygen atoms in total. The summed E-state index contributed by atoms with van der Waals surface area (Å²) >= 11 is 0. The van der Waals surface area contributed by atoms with Crippen LogP contribution in [0.2, 0.25) is 0 Å². The molecule has 4 heteroatoms. The van der Waals surface area contributed by atoms with Crippen molar-refractivity contribution >= 4 is 21.6 Å². The summed E-state index contributed by atoms with van der Waals surface area (Å²) in [7, 11) is 6.82. The lowest BCUT2D eigenvalue weighted by Gasteiger charge is -2.05. The van der Waals surface area contributed by atoms with Gasteiger partial charge in [0.2, 0.25) is 0 Å². The van der Waals surface area contributed by atoms with Crippen LogP contribution in [0.25, 0.3) is 0 Å². The highest BCUT2D eigenvalue weighted by Crippen LogP contribution is 2.39. The molecule has 1 aromatic rings. The summed E-state index contributed by atoms with van der Waals surface area (Å²) in [5.74, 6) is 1.87. The maximum atomic E-state index is 5.32. The summed E-state index contributed by atoms with van der Waals surface area (Å²) in [5.41, 5.74) is 0. The number of hydrogen-bond donors (Lipinski definition) is 0. The minimum Gasteiger partial charge on any atom is -0.501 e. The van der Waals surface area contributed by atoms with Crippen LogP contribution in [-0.4, -0.2) is 14.2 Å². The number of benzene rings is 1. The second-order valence-corrected chi connectivity index (χ2v) is 6.14. The molecule has 0 aliphatic heterocycles. The first-order valence-corrected chi connectivity index (χ1v) is 8.07. The zero-order valence-corrected chi connectivity index (χ0v) is 12.6. The molecule has 19 heavy (non-hydrogen) atoms. The Bertz CT molecular complexity index is 519. The van der Waals surface area contributed by atoms with Crippen LogP contribution in [0, 0.1) is 0 Å². The summed E-state index contributed by atoms with van der Waals surface area (Å²) in [5, 5.41) is 0. The summed E-state index contributed by atoms with van der Waals surface area (Å²) < 4.78 is 10.5. The van der Waals surface area contributed by atoms with E-state index >= 15 is 0 Å². The maximum absolute atomic E-state index is 5.32. The Morgan fingerprint density at radius 2 is 2.00 bits per heavy atom. The molecule has 0 fully saturated rings. The van der Waals surface area contributed by atoms with Crippen LogP contribution in [-0.2, 0) is 4.74 Å². The Balaban J connectivity index is 2.01.